The maximum absolute atomic E-state index is 12.9. The largest absolute Gasteiger partial charge is 0.505 e. The molecule has 27 heteroatoms. The minimum atomic E-state index is -5.32. The number of nitrogens with one attached hydrogen (secondary N) is 1. The van der Waals surface area contributed by atoms with Crippen molar-refractivity contribution >= 4 is 89.8 Å². The fourth-order valence-electron chi connectivity index (χ4n) is 4.83. The van der Waals surface area contributed by atoms with E-state index < -0.39 is 101 Å². The fraction of sp³-hybridized carbons (Fsp3) is 0.214. The van der Waals surface area contributed by atoms with Crippen LogP contribution in [0.2, 0.25) is 0 Å². The van der Waals surface area contributed by atoms with Crippen LogP contribution in [0.5, 0.6) is 11.5 Å². The molecular formula is C28H29N5O17S5. The van der Waals surface area contributed by atoms with E-state index in [9.17, 15) is 60.9 Å². The van der Waals surface area contributed by atoms with Crippen LogP contribution in [0.25, 0.3) is 10.8 Å². The molecule has 0 unspecified atom stereocenters. The molecule has 0 aliphatic carbocycles. The van der Waals surface area contributed by atoms with Crippen molar-refractivity contribution in [2.75, 3.05) is 30.7 Å². The molecule has 0 bridgehead atoms. The molecule has 0 saturated carbocycles. The van der Waals surface area contributed by atoms with Gasteiger partial charge in [0.2, 0.25) is 0 Å². The molecule has 0 fully saturated rings. The van der Waals surface area contributed by atoms with E-state index in [1.54, 1.807) is 0 Å². The van der Waals surface area contributed by atoms with Crippen LogP contribution < -0.4 is 10.1 Å². The number of phenols is 1. The summed E-state index contributed by atoms with van der Waals surface area (Å²) in [5.74, 6) is -3.24. The zero-order chi connectivity index (χ0) is 41.3. The van der Waals surface area contributed by atoms with Crippen LogP contribution in [0.1, 0.15) is 11.1 Å². The maximum Gasteiger partial charge on any atom is 0.397 e. The number of sulfone groups is 1. The summed E-state index contributed by atoms with van der Waals surface area (Å²) in [5.41, 5.74) is -1.88. The number of aromatic hydroxyl groups is 1. The molecular weight excluding hydrogens is 839 g/mol. The minimum Gasteiger partial charge on any atom is -0.505 e. The number of ether oxygens (including phenoxy) is 1. The molecule has 55 heavy (non-hydrogen) atoms. The molecule has 4 aromatic rings. The number of methoxy groups -OCH3 is 1. The first-order chi connectivity index (χ1) is 25.2. The summed E-state index contributed by atoms with van der Waals surface area (Å²) >= 11 is 0. The van der Waals surface area contributed by atoms with Crippen LogP contribution in [0.4, 0.5) is 28.4 Å². The highest BCUT2D eigenvalue weighted by Gasteiger charge is 2.26. The number of hydrogen-bond donors (Lipinski definition) is 6. The Kier molecular flexibility index (Phi) is 12.4. The standard InChI is InChI=1S/C28H29N5O17S5/c1-15-4-6-19(24(10-15)53(40,41)42)30-32-26-18-12-25(54(43,44)45)27(28(34)17(18)5-7-20(26)29-14-52(37,38)39)33-31-21-11-16(2)23(13-22(21)49-3)51(35,36)9-8-50-55(46,47)48/h4-7,10-13,29,34H,8-9,14H2,1-3H3,(H,37,38,39)(H,40,41,42)(H,43,44,45)(H,46,47,48). The van der Waals surface area contributed by atoms with Crippen molar-refractivity contribution in [1.82, 2.24) is 0 Å². The van der Waals surface area contributed by atoms with E-state index in [1.165, 1.54) is 19.9 Å². The summed E-state index contributed by atoms with van der Waals surface area (Å²) in [7, 11) is -23.0. The van der Waals surface area contributed by atoms with Crippen molar-refractivity contribution in [2.24, 2.45) is 20.5 Å². The van der Waals surface area contributed by atoms with Crippen LogP contribution in [0.15, 0.2) is 83.7 Å². The van der Waals surface area contributed by atoms with Gasteiger partial charge in [-0.2, -0.15) is 33.7 Å². The van der Waals surface area contributed by atoms with E-state index in [2.05, 4.69) is 30.0 Å². The first-order valence-corrected chi connectivity index (χ1v) is 22.2. The SMILES string of the molecule is COc1cc(S(=O)(=O)CCOS(=O)(=O)O)c(C)cc1N=Nc1c(S(=O)(=O)O)cc2c(N=Nc3ccc(C)cc3S(=O)(=O)O)c(NCS(=O)(=O)O)ccc2c1O. The molecule has 22 nitrogen and oxygen atoms in total. The van der Waals surface area contributed by atoms with Crippen molar-refractivity contribution < 1.29 is 74.3 Å². The predicted molar refractivity (Wildman–Crippen MR) is 192 cm³/mol. The lowest BCUT2D eigenvalue weighted by Gasteiger charge is -2.14. The van der Waals surface area contributed by atoms with Gasteiger partial charge in [0.1, 0.15) is 44.2 Å². The fourth-order valence-corrected chi connectivity index (χ4v) is 8.28. The number of anilines is 1. The molecule has 0 amide bonds. The predicted octanol–water partition coefficient (Wildman–Crippen LogP) is 4.35. The van der Waals surface area contributed by atoms with Crippen LogP contribution in [-0.4, -0.2) is 90.8 Å². The molecule has 0 saturated heterocycles. The topological polar surface area (TPSA) is 352 Å². The first-order valence-electron chi connectivity index (χ1n) is 14.7. The third-order valence-electron chi connectivity index (χ3n) is 7.23. The summed E-state index contributed by atoms with van der Waals surface area (Å²) in [6.07, 6.45) is 0. The summed E-state index contributed by atoms with van der Waals surface area (Å²) in [5, 5.41) is 28.5. The van der Waals surface area contributed by atoms with Crippen LogP contribution in [0, 0.1) is 13.8 Å². The number of phenolic OH excluding ortho intramolecular Hbond substituents is 1. The summed E-state index contributed by atoms with van der Waals surface area (Å²) < 4.78 is 167. The number of rotatable bonds is 15. The Labute approximate surface area is 313 Å². The van der Waals surface area contributed by atoms with E-state index in [1.807, 2.05) is 0 Å². The molecule has 4 aromatic carbocycles. The molecule has 298 valence electrons. The maximum atomic E-state index is 12.9. The number of aryl methyl sites for hydroxylation is 2. The van der Waals surface area contributed by atoms with Gasteiger partial charge in [0.25, 0.3) is 30.4 Å². The van der Waals surface area contributed by atoms with Gasteiger partial charge in [-0.15, -0.1) is 20.5 Å². The molecule has 0 atom stereocenters. The smallest absolute Gasteiger partial charge is 0.397 e. The monoisotopic (exact) mass is 867 g/mol. The lowest BCUT2D eigenvalue weighted by Crippen LogP contribution is -2.16. The molecule has 0 aliphatic heterocycles. The zero-order valence-electron chi connectivity index (χ0n) is 28.2. The van der Waals surface area contributed by atoms with Crippen molar-refractivity contribution in [2.45, 2.75) is 28.5 Å². The average Bonchev–Trinajstić information content (AvgIpc) is 3.04. The zero-order valence-corrected chi connectivity index (χ0v) is 32.3. The molecule has 0 spiro atoms. The highest BCUT2D eigenvalue weighted by molar-refractivity contribution is 7.91. The second kappa shape index (κ2) is 15.8. The number of benzene rings is 4. The molecule has 0 radical (unpaired) electrons. The van der Waals surface area contributed by atoms with Gasteiger partial charge in [-0.1, -0.05) is 6.07 Å². The van der Waals surface area contributed by atoms with Gasteiger partial charge >= 0.3 is 10.4 Å². The van der Waals surface area contributed by atoms with Crippen molar-refractivity contribution in [1.29, 1.82) is 0 Å². The summed E-state index contributed by atoms with van der Waals surface area (Å²) in [6, 6.07) is 8.71. The van der Waals surface area contributed by atoms with Crippen molar-refractivity contribution in [3.8, 4) is 11.5 Å². The molecule has 0 aliphatic rings. The number of fused-ring (bicyclic) bond motifs is 1. The second-order valence-electron chi connectivity index (χ2n) is 11.2. The Bertz CT molecular complexity index is 2830. The van der Waals surface area contributed by atoms with Gasteiger partial charge in [-0.3, -0.25) is 18.2 Å². The van der Waals surface area contributed by atoms with E-state index >= 15 is 0 Å². The van der Waals surface area contributed by atoms with Gasteiger partial charge in [-0.25, -0.2) is 12.6 Å². The van der Waals surface area contributed by atoms with E-state index in [0.717, 1.165) is 49.6 Å². The van der Waals surface area contributed by atoms with Crippen LogP contribution in [-0.2, 0) is 54.8 Å². The highest BCUT2D eigenvalue weighted by atomic mass is 32.3. The summed E-state index contributed by atoms with van der Waals surface area (Å²) in [6.45, 7) is 1.90. The molecule has 6 N–H and O–H groups in total. The quantitative estimate of drug-likeness (QED) is 0.0714. The lowest BCUT2D eigenvalue weighted by atomic mass is 10.1. The summed E-state index contributed by atoms with van der Waals surface area (Å²) in [4.78, 5) is -2.16. The molecule has 4 rings (SSSR count). The van der Waals surface area contributed by atoms with Gasteiger partial charge in [0.05, 0.1) is 30.1 Å². The van der Waals surface area contributed by atoms with E-state index in [0.29, 0.717) is 5.56 Å². The van der Waals surface area contributed by atoms with Gasteiger partial charge in [0.15, 0.2) is 15.6 Å². The average molecular weight is 868 g/mol. The third kappa shape index (κ3) is 10.7. The second-order valence-corrected chi connectivity index (χ2v) is 18.6. The number of nitrogens with zero attached hydrogens (tertiary/aromatic N) is 4. The third-order valence-corrected chi connectivity index (χ3v) is 11.8. The Morgan fingerprint density at radius 3 is 1.87 bits per heavy atom. The normalized spacial score (nSPS) is 13.2. The molecule has 0 heterocycles. The lowest BCUT2D eigenvalue weighted by molar-refractivity contribution is 0.284. The Hall–Kier alpha value is -4.71. The number of azo groups is 2. The van der Waals surface area contributed by atoms with Crippen LogP contribution in [0.3, 0.4) is 0 Å². The molecule has 0 aromatic heterocycles. The van der Waals surface area contributed by atoms with Crippen LogP contribution >= 0.6 is 0 Å². The van der Waals surface area contributed by atoms with Gasteiger partial charge in [0, 0.05) is 16.8 Å². The Morgan fingerprint density at radius 2 is 1.29 bits per heavy atom. The van der Waals surface area contributed by atoms with Gasteiger partial charge in [-0.05, 0) is 61.4 Å². The minimum absolute atomic E-state index is 0.00463. The van der Waals surface area contributed by atoms with E-state index in [4.69, 9.17) is 9.29 Å². The number of hydrogen-bond acceptors (Lipinski definition) is 18. The highest BCUT2D eigenvalue weighted by Crippen LogP contribution is 2.47. The van der Waals surface area contributed by atoms with Crippen molar-refractivity contribution in [3.63, 3.8) is 0 Å². The Morgan fingerprint density at radius 1 is 0.673 bits per heavy atom. The van der Waals surface area contributed by atoms with Crippen molar-refractivity contribution in [3.05, 3.63) is 59.7 Å². The van der Waals surface area contributed by atoms with E-state index in [-0.39, 0.29) is 38.4 Å². The first kappa shape index (κ1) is 43.0. The van der Waals surface area contributed by atoms with Gasteiger partial charge < -0.3 is 15.2 Å². The Balaban J connectivity index is 1.93.